The highest BCUT2D eigenvalue weighted by atomic mass is 127. The fourth-order valence-corrected chi connectivity index (χ4v) is 3.12. The van der Waals surface area contributed by atoms with E-state index in [2.05, 4.69) is 45.9 Å². The van der Waals surface area contributed by atoms with Crippen molar-refractivity contribution in [2.75, 3.05) is 38.1 Å². The van der Waals surface area contributed by atoms with Crippen molar-refractivity contribution in [3.05, 3.63) is 42.1 Å². The first kappa shape index (κ1) is 22.3. The molecule has 3 rings (SSSR count). The number of guanidine groups is 1. The summed E-state index contributed by atoms with van der Waals surface area (Å²) >= 11 is 0. The van der Waals surface area contributed by atoms with Crippen LogP contribution >= 0.6 is 24.0 Å². The van der Waals surface area contributed by atoms with Gasteiger partial charge in [-0.15, -0.1) is 24.0 Å². The molecule has 2 N–H and O–H groups in total. The summed E-state index contributed by atoms with van der Waals surface area (Å²) in [4.78, 5) is 13.2. The number of oxazole rings is 1. The predicted octanol–water partition coefficient (Wildman–Crippen LogP) is 3.19. The van der Waals surface area contributed by atoms with Gasteiger partial charge in [0.25, 0.3) is 0 Å². The lowest BCUT2D eigenvalue weighted by Crippen LogP contribution is -2.52. The highest BCUT2D eigenvalue weighted by Crippen LogP contribution is 2.27. The Kier molecular flexibility index (Phi) is 7.56. The average molecular weight is 499 g/mol. The standard InChI is InChI=1S/C20H29N5O2.HI/c1-20(2,3)17-13-22-18(27-17)14-23-19(21-4)25-11-9-24(10-12-25)15-7-5-6-8-16(15)26;/h5-8,13,26H,9-12,14H2,1-4H3,(H,21,23);1H. The molecule has 1 aromatic carbocycles. The molecule has 2 aromatic rings. The van der Waals surface area contributed by atoms with Crippen LogP contribution < -0.4 is 10.2 Å². The molecule has 1 aliphatic heterocycles. The maximum atomic E-state index is 10.0. The van der Waals surface area contributed by atoms with Crippen LogP contribution in [0.15, 0.2) is 39.9 Å². The minimum Gasteiger partial charge on any atom is -0.506 e. The van der Waals surface area contributed by atoms with Gasteiger partial charge in [-0.25, -0.2) is 4.98 Å². The minimum atomic E-state index is -0.0494. The highest BCUT2D eigenvalue weighted by molar-refractivity contribution is 14.0. The summed E-state index contributed by atoms with van der Waals surface area (Å²) in [7, 11) is 1.79. The number of phenols is 1. The maximum absolute atomic E-state index is 10.0. The van der Waals surface area contributed by atoms with Gasteiger partial charge in [-0.05, 0) is 12.1 Å². The van der Waals surface area contributed by atoms with E-state index in [1.54, 1.807) is 19.3 Å². The van der Waals surface area contributed by atoms with Crippen molar-refractivity contribution >= 4 is 35.6 Å². The maximum Gasteiger partial charge on any atom is 0.213 e. The van der Waals surface area contributed by atoms with Crippen LogP contribution in [-0.2, 0) is 12.0 Å². The van der Waals surface area contributed by atoms with Gasteiger partial charge >= 0.3 is 0 Å². The number of para-hydroxylation sites is 2. The van der Waals surface area contributed by atoms with Gasteiger partial charge in [0.15, 0.2) is 5.96 Å². The van der Waals surface area contributed by atoms with Crippen LogP contribution in [0.3, 0.4) is 0 Å². The fraction of sp³-hybridized carbons (Fsp3) is 0.500. The van der Waals surface area contributed by atoms with Gasteiger partial charge in [-0.3, -0.25) is 4.99 Å². The Morgan fingerprint density at radius 3 is 2.46 bits per heavy atom. The molecule has 1 aliphatic rings. The molecule has 7 nitrogen and oxygen atoms in total. The number of aromatic hydroxyl groups is 1. The number of hydrogen-bond acceptors (Lipinski definition) is 5. The molecule has 0 saturated carbocycles. The molecular formula is C20H30IN5O2. The topological polar surface area (TPSA) is 77.1 Å². The molecule has 1 aromatic heterocycles. The normalized spacial score (nSPS) is 15.4. The van der Waals surface area contributed by atoms with Crippen molar-refractivity contribution in [3.8, 4) is 5.75 Å². The van der Waals surface area contributed by atoms with E-state index in [-0.39, 0.29) is 29.4 Å². The summed E-state index contributed by atoms with van der Waals surface area (Å²) in [5.74, 6) is 2.70. The molecule has 8 heteroatoms. The number of piperazine rings is 1. The van der Waals surface area contributed by atoms with Crippen LogP contribution in [0.5, 0.6) is 5.75 Å². The molecule has 1 saturated heterocycles. The zero-order valence-electron chi connectivity index (χ0n) is 17.0. The third-order valence-electron chi connectivity index (χ3n) is 4.70. The quantitative estimate of drug-likeness (QED) is 0.384. The third kappa shape index (κ3) is 5.30. The van der Waals surface area contributed by atoms with Crippen LogP contribution in [0.25, 0.3) is 0 Å². The van der Waals surface area contributed by atoms with E-state index in [1.165, 1.54) is 0 Å². The van der Waals surface area contributed by atoms with Crippen molar-refractivity contribution in [1.29, 1.82) is 0 Å². The molecule has 0 atom stereocenters. The summed E-state index contributed by atoms with van der Waals surface area (Å²) in [6.45, 7) is 10.1. The van der Waals surface area contributed by atoms with Gasteiger partial charge in [0, 0.05) is 38.6 Å². The average Bonchev–Trinajstić information content (AvgIpc) is 3.13. The molecule has 1 fully saturated rings. The Labute approximate surface area is 183 Å². The number of hydrogen-bond donors (Lipinski definition) is 2. The molecule has 0 aliphatic carbocycles. The minimum absolute atomic E-state index is 0. The smallest absolute Gasteiger partial charge is 0.213 e. The second kappa shape index (κ2) is 9.49. The summed E-state index contributed by atoms with van der Waals surface area (Å²) < 4.78 is 5.84. The van der Waals surface area contributed by atoms with E-state index in [0.717, 1.165) is 43.6 Å². The summed E-state index contributed by atoms with van der Waals surface area (Å²) in [6.07, 6.45) is 1.80. The van der Waals surface area contributed by atoms with E-state index < -0.39 is 0 Å². The van der Waals surface area contributed by atoms with Crippen LogP contribution in [0.4, 0.5) is 5.69 Å². The van der Waals surface area contributed by atoms with Gasteiger partial charge in [-0.1, -0.05) is 32.9 Å². The first-order chi connectivity index (χ1) is 12.9. The van der Waals surface area contributed by atoms with Crippen LogP contribution in [0, 0.1) is 0 Å². The van der Waals surface area contributed by atoms with Crippen LogP contribution in [-0.4, -0.2) is 54.2 Å². The van der Waals surface area contributed by atoms with Gasteiger partial charge < -0.3 is 24.6 Å². The van der Waals surface area contributed by atoms with Crippen molar-refractivity contribution < 1.29 is 9.52 Å². The summed E-state index contributed by atoms with van der Waals surface area (Å²) in [6, 6.07) is 7.47. The molecular weight excluding hydrogens is 469 g/mol. The fourth-order valence-electron chi connectivity index (χ4n) is 3.12. The summed E-state index contributed by atoms with van der Waals surface area (Å²) in [5, 5.41) is 13.4. The number of nitrogens with zero attached hydrogens (tertiary/aromatic N) is 4. The number of rotatable bonds is 3. The van der Waals surface area contributed by atoms with Gasteiger partial charge in [0.05, 0.1) is 18.4 Å². The molecule has 0 spiro atoms. The summed E-state index contributed by atoms with van der Waals surface area (Å²) in [5.41, 5.74) is 0.835. The molecule has 2 heterocycles. The van der Waals surface area contributed by atoms with Gasteiger partial charge in [0.1, 0.15) is 11.5 Å². The van der Waals surface area contributed by atoms with E-state index in [0.29, 0.717) is 18.2 Å². The Balaban J connectivity index is 0.00000280. The largest absolute Gasteiger partial charge is 0.506 e. The van der Waals surface area contributed by atoms with Crippen molar-refractivity contribution in [2.45, 2.75) is 32.7 Å². The number of aliphatic imine (C=N–C) groups is 1. The lowest BCUT2D eigenvalue weighted by Gasteiger charge is -2.37. The Hall–Kier alpha value is -1.97. The second-order valence-electron chi connectivity index (χ2n) is 7.73. The van der Waals surface area contributed by atoms with Crippen LogP contribution in [0.1, 0.15) is 32.4 Å². The van der Waals surface area contributed by atoms with Crippen molar-refractivity contribution in [3.63, 3.8) is 0 Å². The van der Waals surface area contributed by atoms with E-state index >= 15 is 0 Å². The lowest BCUT2D eigenvalue weighted by atomic mass is 9.94. The Morgan fingerprint density at radius 2 is 1.89 bits per heavy atom. The lowest BCUT2D eigenvalue weighted by molar-refractivity contribution is 0.358. The number of halogens is 1. The Bertz CT molecular complexity index is 792. The molecule has 0 amide bonds. The second-order valence-corrected chi connectivity index (χ2v) is 7.73. The first-order valence-electron chi connectivity index (χ1n) is 9.32. The van der Waals surface area contributed by atoms with Gasteiger partial charge in [-0.2, -0.15) is 0 Å². The SMILES string of the molecule is CN=C(NCc1ncc(C(C)(C)C)o1)N1CCN(c2ccccc2O)CC1.I. The van der Waals surface area contributed by atoms with Crippen molar-refractivity contribution in [1.82, 2.24) is 15.2 Å². The molecule has 28 heavy (non-hydrogen) atoms. The van der Waals surface area contributed by atoms with Gasteiger partial charge in [0.2, 0.25) is 5.89 Å². The third-order valence-corrected chi connectivity index (χ3v) is 4.70. The molecule has 154 valence electrons. The zero-order valence-corrected chi connectivity index (χ0v) is 19.3. The number of aromatic nitrogens is 1. The number of nitrogens with one attached hydrogen (secondary N) is 1. The number of anilines is 1. The van der Waals surface area contributed by atoms with Crippen LogP contribution in [0.2, 0.25) is 0 Å². The highest BCUT2D eigenvalue weighted by Gasteiger charge is 2.22. The first-order valence-corrected chi connectivity index (χ1v) is 9.32. The number of benzene rings is 1. The molecule has 0 bridgehead atoms. The van der Waals surface area contributed by atoms with E-state index in [9.17, 15) is 5.11 Å². The van der Waals surface area contributed by atoms with E-state index in [4.69, 9.17) is 4.42 Å². The van der Waals surface area contributed by atoms with Crippen molar-refractivity contribution in [2.24, 2.45) is 4.99 Å². The zero-order chi connectivity index (χ0) is 19.4. The number of phenolic OH excluding ortho intramolecular Hbond substituents is 1. The molecule has 0 unspecified atom stereocenters. The molecule has 0 radical (unpaired) electrons. The van der Waals surface area contributed by atoms with E-state index in [1.807, 2.05) is 18.2 Å². The monoisotopic (exact) mass is 499 g/mol. The Morgan fingerprint density at radius 1 is 1.21 bits per heavy atom. The predicted molar refractivity (Wildman–Crippen MR) is 123 cm³/mol.